The fraction of sp³-hybridized carbons (Fsp3) is 0.300. The van der Waals surface area contributed by atoms with E-state index >= 15 is 0 Å². The average molecular weight is 422 g/mol. The standard InChI is InChI=1S/C20H23NO5S2/c1-4-11-28(24,25)13-17(22)21-19-18(20(23)26-6-3)16(12-27-19)15-9-7-14(5-2)8-10-15/h4,7-10,12H,1,5-6,11,13H2,2-3H3,(H,21,22). The Hall–Kier alpha value is -2.45. The molecule has 0 aliphatic rings. The van der Waals surface area contributed by atoms with Crippen LogP contribution in [0.5, 0.6) is 0 Å². The molecule has 0 fully saturated rings. The molecule has 28 heavy (non-hydrogen) atoms. The number of benzene rings is 1. The van der Waals surface area contributed by atoms with Gasteiger partial charge in [0.2, 0.25) is 5.91 Å². The Morgan fingerprint density at radius 3 is 2.46 bits per heavy atom. The third-order valence-electron chi connectivity index (χ3n) is 3.92. The highest BCUT2D eigenvalue weighted by Gasteiger charge is 2.24. The van der Waals surface area contributed by atoms with Crippen molar-refractivity contribution in [3.63, 3.8) is 0 Å². The van der Waals surface area contributed by atoms with Gasteiger partial charge in [0, 0.05) is 10.9 Å². The van der Waals surface area contributed by atoms with Crippen LogP contribution in [0.3, 0.4) is 0 Å². The van der Waals surface area contributed by atoms with Crippen molar-refractivity contribution < 1.29 is 22.7 Å². The van der Waals surface area contributed by atoms with Crippen LogP contribution >= 0.6 is 11.3 Å². The molecule has 1 aromatic heterocycles. The summed E-state index contributed by atoms with van der Waals surface area (Å²) in [5.41, 5.74) is 2.84. The molecule has 0 spiro atoms. The molecule has 0 bridgehead atoms. The van der Waals surface area contributed by atoms with E-state index in [0.717, 1.165) is 28.9 Å². The maximum absolute atomic E-state index is 12.5. The Kier molecular flexibility index (Phi) is 7.53. The summed E-state index contributed by atoms with van der Waals surface area (Å²) in [7, 11) is -3.59. The smallest absolute Gasteiger partial charge is 0.341 e. The minimum atomic E-state index is -3.59. The second-order valence-corrected chi connectivity index (χ2v) is 9.00. The van der Waals surface area contributed by atoms with Crippen LogP contribution in [0.2, 0.25) is 0 Å². The lowest BCUT2D eigenvalue weighted by atomic mass is 10.0. The summed E-state index contributed by atoms with van der Waals surface area (Å²) in [5.74, 6) is -2.24. The first-order valence-electron chi connectivity index (χ1n) is 8.80. The molecule has 0 unspecified atom stereocenters. The first-order valence-corrected chi connectivity index (χ1v) is 11.5. The molecule has 0 saturated carbocycles. The van der Waals surface area contributed by atoms with E-state index in [-0.39, 0.29) is 22.9 Å². The van der Waals surface area contributed by atoms with Crippen LogP contribution in [-0.2, 0) is 25.8 Å². The van der Waals surface area contributed by atoms with Gasteiger partial charge in [-0.25, -0.2) is 13.2 Å². The second kappa shape index (κ2) is 9.66. The Bertz CT molecular complexity index is 959. The molecule has 1 heterocycles. The normalized spacial score (nSPS) is 11.1. The molecule has 0 aliphatic carbocycles. The Morgan fingerprint density at radius 2 is 1.89 bits per heavy atom. The van der Waals surface area contributed by atoms with E-state index in [1.54, 1.807) is 12.3 Å². The topological polar surface area (TPSA) is 89.5 Å². The maximum Gasteiger partial charge on any atom is 0.341 e. The molecular formula is C20H23NO5S2. The van der Waals surface area contributed by atoms with E-state index in [1.165, 1.54) is 6.08 Å². The van der Waals surface area contributed by atoms with Gasteiger partial charge < -0.3 is 10.1 Å². The van der Waals surface area contributed by atoms with Crippen molar-refractivity contribution in [3.8, 4) is 11.1 Å². The summed E-state index contributed by atoms with van der Waals surface area (Å²) in [6.07, 6.45) is 2.13. The highest BCUT2D eigenvalue weighted by Crippen LogP contribution is 2.36. The summed E-state index contributed by atoms with van der Waals surface area (Å²) in [6, 6.07) is 7.76. The van der Waals surface area contributed by atoms with E-state index in [0.29, 0.717) is 5.56 Å². The first kappa shape index (κ1) is 21.8. The SMILES string of the molecule is C=CCS(=O)(=O)CC(=O)Nc1scc(-c2ccc(CC)cc2)c1C(=O)OCC. The molecule has 2 rings (SSSR count). The summed E-state index contributed by atoms with van der Waals surface area (Å²) in [6.45, 7) is 7.31. The summed E-state index contributed by atoms with van der Waals surface area (Å²) in [4.78, 5) is 24.7. The van der Waals surface area contributed by atoms with Crippen LogP contribution in [0, 0.1) is 0 Å². The van der Waals surface area contributed by atoms with Crippen LogP contribution < -0.4 is 5.32 Å². The van der Waals surface area contributed by atoms with E-state index in [1.807, 2.05) is 24.3 Å². The van der Waals surface area contributed by atoms with E-state index in [4.69, 9.17) is 4.74 Å². The third-order valence-corrected chi connectivity index (χ3v) is 6.26. The fourth-order valence-electron chi connectivity index (χ4n) is 2.59. The van der Waals surface area contributed by atoms with Gasteiger partial charge in [-0.1, -0.05) is 37.3 Å². The lowest BCUT2D eigenvalue weighted by Gasteiger charge is -2.09. The number of rotatable bonds is 9. The van der Waals surface area contributed by atoms with Crippen molar-refractivity contribution in [2.45, 2.75) is 20.3 Å². The number of aryl methyl sites for hydroxylation is 1. The predicted octanol–water partition coefficient (Wildman–Crippen LogP) is 3.69. The van der Waals surface area contributed by atoms with E-state index in [9.17, 15) is 18.0 Å². The van der Waals surface area contributed by atoms with Crippen molar-refractivity contribution in [2.24, 2.45) is 0 Å². The van der Waals surface area contributed by atoms with Gasteiger partial charge in [0.25, 0.3) is 0 Å². The first-order chi connectivity index (χ1) is 13.3. The van der Waals surface area contributed by atoms with Crippen LogP contribution in [-0.4, -0.2) is 38.4 Å². The molecule has 1 aromatic carbocycles. The molecule has 2 aromatic rings. The van der Waals surface area contributed by atoms with Gasteiger partial charge in [-0.05, 0) is 24.5 Å². The summed E-state index contributed by atoms with van der Waals surface area (Å²) in [5, 5.41) is 4.56. The van der Waals surface area contributed by atoms with Crippen molar-refractivity contribution in [3.05, 3.63) is 53.4 Å². The Balaban J connectivity index is 2.36. The third kappa shape index (κ3) is 5.53. The number of anilines is 1. The van der Waals surface area contributed by atoms with Crippen LogP contribution in [0.1, 0.15) is 29.8 Å². The van der Waals surface area contributed by atoms with Gasteiger partial charge >= 0.3 is 5.97 Å². The quantitative estimate of drug-likeness (QED) is 0.493. The number of esters is 1. The zero-order valence-electron chi connectivity index (χ0n) is 15.9. The Labute approximate surface area is 169 Å². The number of hydrogen-bond donors (Lipinski definition) is 1. The highest BCUT2D eigenvalue weighted by molar-refractivity contribution is 7.92. The molecular weight excluding hydrogens is 398 g/mol. The van der Waals surface area contributed by atoms with Crippen molar-refractivity contribution >= 4 is 38.1 Å². The fourth-order valence-corrected chi connectivity index (χ4v) is 4.51. The van der Waals surface area contributed by atoms with Crippen molar-refractivity contribution in [2.75, 3.05) is 23.4 Å². The average Bonchev–Trinajstić information content (AvgIpc) is 3.04. The molecule has 0 radical (unpaired) electrons. The van der Waals surface area contributed by atoms with E-state index in [2.05, 4.69) is 18.8 Å². The van der Waals surface area contributed by atoms with Crippen LogP contribution in [0.15, 0.2) is 42.3 Å². The van der Waals surface area contributed by atoms with Crippen LogP contribution in [0.25, 0.3) is 11.1 Å². The molecule has 6 nitrogen and oxygen atoms in total. The number of carbonyl (C=O) groups excluding carboxylic acids is 2. The summed E-state index contributed by atoms with van der Waals surface area (Å²) >= 11 is 1.16. The van der Waals surface area contributed by atoms with Crippen molar-refractivity contribution in [1.29, 1.82) is 0 Å². The number of carbonyl (C=O) groups is 2. The lowest BCUT2D eigenvalue weighted by Crippen LogP contribution is -2.24. The summed E-state index contributed by atoms with van der Waals surface area (Å²) < 4.78 is 28.8. The number of thiophene rings is 1. The molecule has 1 amide bonds. The Morgan fingerprint density at radius 1 is 1.21 bits per heavy atom. The highest BCUT2D eigenvalue weighted by atomic mass is 32.2. The zero-order valence-corrected chi connectivity index (χ0v) is 17.5. The number of nitrogens with one attached hydrogen (secondary N) is 1. The van der Waals surface area contributed by atoms with Gasteiger partial charge in [0.05, 0.1) is 12.4 Å². The van der Waals surface area contributed by atoms with Gasteiger partial charge in [-0.15, -0.1) is 17.9 Å². The molecule has 0 saturated heterocycles. The number of amides is 1. The van der Waals surface area contributed by atoms with Crippen LogP contribution in [0.4, 0.5) is 5.00 Å². The monoisotopic (exact) mass is 421 g/mol. The maximum atomic E-state index is 12.5. The molecule has 1 N–H and O–H groups in total. The molecule has 0 atom stereocenters. The zero-order chi connectivity index (χ0) is 20.7. The van der Waals surface area contributed by atoms with Gasteiger partial charge in [-0.2, -0.15) is 0 Å². The minimum absolute atomic E-state index is 0.185. The molecule has 0 aliphatic heterocycles. The minimum Gasteiger partial charge on any atom is -0.462 e. The number of sulfone groups is 1. The second-order valence-electron chi connectivity index (χ2n) is 6.02. The number of hydrogen-bond acceptors (Lipinski definition) is 6. The van der Waals surface area contributed by atoms with Gasteiger partial charge in [0.1, 0.15) is 16.3 Å². The molecule has 8 heteroatoms. The van der Waals surface area contributed by atoms with E-state index < -0.39 is 27.5 Å². The van der Waals surface area contributed by atoms with Crippen molar-refractivity contribution in [1.82, 2.24) is 0 Å². The van der Waals surface area contributed by atoms with Gasteiger partial charge in [0.15, 0.2) is 9.84 Å². The van der Waals surface area contributed by atoms with Gasteiger partial charge in [-0.3, -0.25) is 4.79 Å². The largest absolute Gasteiger partial charge is 0.462 e. The number of ether oxygens (including phenoxy) is 1. The predicted molar refractivity (Wildman–Crippen MR) is 113 cm³/mol. The molecule has 150 valence electrons. The lowest BCUT2D eigenvalue weighted by molar-refractivity contribution is -0.113.